The van der Waals surface area contributed by atoms with Gasteiger partial charge in [-0.3, -0.25) is 14.9 Å². The highest BCUT2D eigenvalue weighted by Crippen LogP contribution is 2.21. The van der Waals surface area contributed by atoms with Crippen molar-refractivity contribution < 1.29 is 9.72 Å². The van der Waals surface area contributed by atoms with Gasteiger partial charge in [0.25, 0.3) is 5.69 Å². The molecular weight excluding hydrogens is 302 g/mol. The molecule has 1 atom stereocenters. The van der Waals surface area contributed by atoms with Crippen molar-refractivity contribution in [1.82, 2.24) is 10.6 Å². The van der Waals surface area contributed by atoms with Crippen LogP contribution >= 0.6 is 15.9 Å². The molecule has 1 rings (SSSR count). The molecular formula is C11H14BrN3O3. The summed E-state index contributed by atoms with van der Waals surface area (Å²) in [4.78, 5) is 21.5. The lowest BCUT2D eigenvalue weighted by molar-refractivity contribution is -0.385. The van der Waals surface area contributed by atoms with Gasteiger partial charge in [0, 0.05) is 30.2 Å². The van der Waals surface area contributed by atoms with E-state index in [0.717, 1.165) is 5.56 Å². The molecule has 0 saturated heterocycles. The van der Waals surface area contributed by atoms with Crippen LogP contribution in [-0.2, 0) is 11.3 Å². The van der Waals surface area contributed by atoms with E-state index >= 15 is 0 Å². The second-order valence-electron chi connectivity index (χ2n) is 3.79. The van der Waals surface area contributed by atoms with Gasteiger partial charge in [0.15, 0.2) is 0 Å². The number of likely N-dealkylation sites (N-methyl/N-ethyl adjacent to an activating group) is 1. The van der Waals surface area contributed by atoms with Crippen LogP contribution in [0.3, 0.4) is 0 Å². The first-order valence-corrected chi connectivity index (χ1v) is 6.12. The van der Waals surface area contributed by atoms with E-state index in [0.29, 0.717) is 11.0 Å². The van der Waals surface area contributed by atoms with Crippen LogP contribution in [0.15, 0.2) is 22.7 Å². The summed E-state index contributed by atoms with van der Waals surface area (Å²) in [7, 11) is 1.56. The Morgan fingerprint density at radius 1 is 1.50 bits per heavy atom. The third kappa shape index (κ3) is 4.08. The highest BCUT2D eigenvalue weighted by molar-refractivity contribution is 9.10. The average Bonchev–Trinajstić information content (AvgIpc) is 2.34. The standard InChI is InChI=1S/C11H14BrN3O3/c1-7(11(16)13-2)14-6-8-3-9(12)5-10(4-8)15(17)18/h3-5,7,14H,6H2,1-2H3,(H,13,16). The Balaban J connectivity index is 2.73. The number of nitrogens with one attached hydrogen (secondary N) is 2. The summed E-state index contributed by atoms with van der Waals surface area (Å²) in [5.41, 5.74) is 0.764. The van der Waals surface area contributed by atoms with Crippen LogP contribution in [0.25, 0.3) is 0 Å². The fourth-order valence-corrected chi connectivity index (χ4v) is 1.95. The van der Waals surface area contributed by atoms with Crippen LogP contribution < -0.4 is 10.6 Å². The summed E-state index contributed by atoms with van der Waals surface area (Å²) < 4.78 is 0.640. The Bertz CT molecular complexity index is 465. The van der Waals surface area contributed by atoms with Crippen molar-refractivity contribution in [3.8, 4) is 0 Å². The van der Waals surface area contributed by atoms with E-state index in [9.17, 15) is 14.9 Å². The molecule has 1 aromatic rings. The van der Waals surface area contributed by atoms with E-state index in [1.807, 2.05) is 0 Å². The molecule has 0 bridgehead atoms. The van der Waals surface area contributed by atoms with Crippen LogP contribution in [-0.4, -0.2) is 23.9 Å². The van der Waals surface area contributed by atoms with Crippen molar-refractivity contribution in [2.24, 2.45) is 0 Å². The van der Waals surface area contributed by atoms with E-state index in [1.54, 1.807) is 20.0 Å². The van der Waals surface area contributed by atoms with Crippen molar-refractivity contribution in [2.45, 2.75) is 19.5 Å². The van der Waals surface area contributed by atoms with Gasteiger partial charge in [-0.15, -0.1) is 0 Å². The minimum atomic E-state index is -0.448. The number of non-ortho nitro benzene ring substituents is 1. The summed E-state index contributed by atoms with van der Waals surface area (Å²) in [6.45, 7) is 2.11. The number of hydrogen-bond acceptors (Lipinski definition) is 4. The summed E-state index contributed by atoms with van der Waals surface area (Å²) in [5, 5.41) is 16.2. The molecule has 2 N–H and O–H groups in total. The second kappa shape index (κ2) is 6.46. The van der Waals surface area contributed by atoms with Gasteiger partial charge >= 0.3 is 0 Å². The molecule has 6 nitrogen and oxygen atoms in total. The zero-order chi connectivity index (χ0) is 13.7. The van der Waals surface area contributed by atoms with Crippen LogP contribution in [0.2, 0.25) is 0 Å². The molecule has 0 spiro atoms. The number of halogens is 1. The summed E-state index contributed by atoms with van der Waals surface area (Å²) in [5.74, 6) is -0.125. The van der Waals surface area contributed by atoms with Crippen LogP contribution in [0.4, 0.5) is 5.69 Å². The normalized spacial score (nSPS) is 11.9. The molecule has 18 heavy (non-hydrogen) atoms. The average molecular weight is 316 g/mol. The number of nitrogens with zero attached hydrogens (tertiary/aromatic N) is 1. The number of nitro benzene ring substituents is 1. The van der Waals surface area contributed by atoms with Gasteiger partial charge in [-0.05, 0) is 18.6 Å². The topological polar surface area (TPSA) is 84.3 Å². The molecule has 7 heteroatoms. The van der Waals surface area contributed by atoms with Crippen LogP contribution in [0, 0.1) is 10.1 Å². The number of benzene rings is 1. The minimum absolute atomic E-state index is 0.0220. The SMILES string of the molecule is CNC(=O)C(C)NCc1cc(Br)cc([N+](=O)[O-])c1. The van der Waals surface area contributed by atoms with Gasteiger partial charge in [0.2, 0.25) is 5.91 Å². The maximum absolute atomic E-state index is 11.3. The lowest BCUT2D eigenvalue weighted by atomic mass is 10.2. The molecule has 1 unspecified atom stereocenters. The van der Waals surface area contributed by atoms with Gasteiger partial charge in [0.1, 0.15) is 0 Å². The minimum Gasteiger partial charge on any atom is -0.358 e. The van der Waals surface area contributed by atoms with Crippen molar-refractivity contribution in [3.63, 3.8) is 0 Å². The van der Waals surface area contributed by atoms with E-state index < -0.39 is 4.92 Å². The number of carbonyl (C=O) groups excluding carboxylic acids is 1. The second-order valence-corrected chi connectivity index (χ2v) is 4.71. The van der Waals surface area contributed by atoms with Gasteiger partial charge in [0.05, 0.1) is 11.0 Å². The summed E-state index contributed by atoms with van der Waals surface area (Å²) in [6, 6.07) is 4.34. The summed E-state index contributed by atoms with van der Waals surface area (Å²) in [6.07, 6.45) is 0. The lowest BCUT2D eigenvalue weighted by Crippen LogP contribution is -2.40. The quantitative estimate of drug-likeness (QED) is 0.638. The molecule has 0 radical (unpaired) electrons. The first-order valence-electron chi connectivity index (χ1n) is 5.33. The van der Waals surface area contributed by atoms with Crippen molar-refractivity contribution in [2.75, 3.05) is 7.05 Å². The van der Waals surface area contributed by atoms with Crippen LogP contribution in [0.1, 0.15) is 12.5 Å². The predicted octanol–water partition coefficient (Wildman–Crippen LogP) is 1.58. The lowest BCUT2D eigenvalue weighted by Gasteiger charge is -2.12. The highest BCUT2D eigenvalue weighted by Gasteiger charge is 2.12. The number of carbonyl (C=O) groups is 1. The van der Waals surface area contributed by atoms with E-state index in [4.69, 9.17) is 0 Å². The first kappa shape index (κ1) is 14.6. The smallest absolute Gasteiger partial charge is 0.270 e. The van der Waals surface area contributed by atoms with Gasteiger partial charge < -0.3 is 10.6 Å². The van der Waals surface area contributed by atoms with E-state index in [-0.39, 0.29) is 17.6 Å². The summed E-state index contributed by atoms with van der Waals surface area (Å²) >= 11 is 3.22. The zero-order valence-corrected chi connectivity index (χ0v) is 11.7. The number of hydrogen-bond donors (Lipinski definition) is 2. The largest absolute Gasteiger partial charge is 0.358 e. The van der Waals surface area contributed by atoms with Crippen LogP contribution in [0.5, 0.6) is 0 Å². The van der Waals surface area contributed by atoms with Gasteiger partial charge in [-0.25, -0.2) is 0 Å². The molecule has 98 valence electrons. The Kier molecular flexibility index (Phi) is 5.24. The van der Waals surface area contributed by atoms with Crippen molar-refractivity contribution in [1.29, 1.82) is 0 Å². The molecule has 0 aliphatic rings. The molecule has 0 heterocycles. The number of nitro groups is 1. The Hall–Kier alpha value is -1.47. The van der Waals surface area contributed by atoms with Crippen molar-refractivity contribution >= 4 is 27.5 Å². The van der Waals surface area contributed by atoms with Crippen molar-refractivity contribution in [3.05, 3.63) is 38.3 Å². The molecule has 1 amide bonds. The fraction of sp³-hybridized carbons (Fsp3) is 0.364. The maximum atomic E-state index is 11.3. The Labute approximate surface area is 113 Å². The number of amides is 1. The number of rotatable bonds is 5. The molecule has 0 saturated carbocycles. The zero-order valence-electron chi connectivity index (χ0n) is 10.1. The van der Waals surface area contributed by atoms with E-state index in [2.05, 4.69) is 26.6 Å². The fourth-order valence-electron chi connectivity index (χ4n) is 1.42. The molecule has 0 aliphatic carbocycles. The third-order valence-electron chi connectivity index (χ3n) is 2.41. The highest BCUT2D eigenvalue weighted by atomic mass is 79.9. The predicted molar refractivity (Wildman–Crippen MR) is 71.2 cm³/mol. The molecule has 0 fully saturated rings. The maximum Gasteiger partial charge on any atom is 0.270 e. The Morgan fingerprint density at radius 2 is 2.17 bits per heavy atom. The Morgan fingerprint density at radius 3 is 2.72 bits per heavy atom. The molecule has 1 aromatic carbocycles. The first-order chi connectivity index (χ1) is 8.43. The molecule has 0 aliphatic heterocycles. The monoisotopic (exact) mass is 315 g/mol. The van der Waals surface area contributed by atoms with E-state index in [1.165, 1.54) is 12.1 Å². The van der Waals surface area contributed by atoms with Gasteiger partial charge in [-0.1, -0.05) is 15.9 Å². The molecule has 0 aromatic heterocycles. The third-order valence-corrected chi connectivity index (χ3v) is 2.86. The van der Waals surface area contributed by atoms with Gasteiger partial charge in [-0.2, -0.15) is 0 Å².